The standard InChI is InChI=1S/C23H15FIN3O4S/c24-16-5-7-17(8-6-16)26-23-27-22(29)21(33-23)12-14-4-9-20(19(25)11-14)32-13-15-2-1-3-18(10-15)28(30)31/h1-12H,13H2,(H,26,27,29)/b21-12+. The Kier molecular flexibility index (Phi) is 7.04. The maximum atomic E-state index is 13.0. The molecule has 0 radical (unpaired) electrons. The van der Waals surface area contributed by atoms with Gasteiger partial charge in [0.05, 0.1) is 19.1 Å². The van der Waals surface area contributed by atoms with Crippen molar-refractivity contribution in [3.63, 3.8) is 0 Å². The summed E-state index contributed by atoms with van der Waals surface area (Å²) in [6.07, 6.45) is 1.75. The number of nitro benzene ring substituents is 1. The van der Waals surface area contributed by atoms with E-state index in [0.717, 1.165) is 9.13 Å². The Bertz CT molecular complexity index is 1300. The first-order valence-electron chi connectivity index (χ1n) is 9.58. The minimum absolute atomic E-state index is 0.0162. The van der Waals surface area contributed by atoms with Crippen LogP contribution in [0, 0.1) is 19.5 Å². The van der Waals surface area contributed by atoms with Gasteiger partial charge in [-0.15, -0.1) is 0 Å². The summed E-state index contributed by atoms with van der Waals surface area (Å²) >= 11 is 3.34. The summed E-state index contributed by atoms with van der Waals surface area (Å²) in [6, 6.07) is 17.5. The molecule has 166 valence electrons. The van der Waals surface area contributed by atoms with E-state index in [2.05, 4.69) is 32.9 Å². The van der Waals surface area contributed by atoms with Crippen molar-refractivity contribution in [2.24, 2.45) is 4.99 Å². The number of carbonyl (C=O) groups is 1. The van der Waals surface area contributed by atoms with Crippen molar-refractivity contribution in [1.82, 2.24) is 5.32 Å². The lowest BCUT2D eigenvalue weighted by Crippen LogP contribution is -2.19. The molecule has 1 amide bonds. The lowest BCUT2D eigenvalue weighted by atomic mass is 10.2. The molecule has 1 heterocycles. The molecule has 0 aliphatic carbocycles. The number of non-ortho nitro benzene ring substituents is 1. The van der Waals surface area contributed by atoms with Crippen LogP contribution in [0.4, 0.5) is 15.8 Å². The Morgan fingerprint density at radius 1 is 1.15 bits per heavy atom. The summed E-state index contributed by atoms with van der Waals surface area (Å²) in [5.74, 6) is 0.0166. The van der Waals surface area contributed by atoms with Crippen LogP contribution in [0.25, 0.3) is 6.08 Å². The molecule has 0 aromatic heterocycles. The predicted octanol–water partition coefficient (Wildman–Crippen LogP) is 5.81. The number of halogens is 2. The zero-order valence-electron chi connectivity index (χ0n) is 16.8. The van der Waals surface area contributed by atoms with Crippen LogP contribution in [-0.2, 0) is 11.4 Å². The fourth-order valence-electron chi connectivity index (χ4n) is 2.91. The van der Waals surface area contributed by atoms with Crippen molar-refractivity contribution < 1.29 is 18.8 Å². The van der Waals surface area contributed by atoms with Gasteiger partial charge in [-0.05, 0) is 88.0 Å². The minimum Gasteiger partial charge on any atom is -0.488 e. The summed E-state index contributed by atoms with van der Waals surface area (Å²) in [4.78, 5) is 27.6. The van der Waals surface area contributed by atoms with Crippen LogP contribution in [0.1, 0.15) is 11.1 Å². The van der Waals surface area contributed by atoms with Gasteiger partial charge in [0, 0.05) is 12.1 Å². The molecule has 1 aliphatic rings. The third-order valence-corrected chi connectivity index (χ3v) is 6.23. The van der Waals surface area contributed by atoms with Gasteiger partial charge in [0.1, 0.15) is 18.2 Å². The second-order valence-corrected chi connectivity index (χ2v) is 9.06. The van der Waals surface area contributed by atoms with Gasteiger partial charge in [-0.1, -0.05) is 18.2 Å². The highest BCUT2D eigenvalue weighted by Crippen LogP contribution is 2.30. The Morgan fingerprint density at radius 2 is 1.94 bits per heavy atom. The zero-order valence-corrected chi connectivity index (χ0v) is 19.8. The van der Waals surface area contributed by atoms with Gasteiger partial charge in [-0.25, -0.2) is 9.38 Å². The monoisotopic (exact) mass is 575 g/mol. The minimum atomic E-state index is -0.442. The van der Waals surface area contributed by atoms with E-state index in [0.29, 0.717) is 27.1 Å². The number of amides is 1. The van der Waals surface area contributed by atoms with Crippen LogP contribution >= 0.6 is 34.4 Å². The number of nitrogens with zero attached hydrogens (tertiary/aromatic N) is 2. The predicted molar refractivity (Wildman–Crippen MR) is 134 cm³/mol. The topological polar surface area (TPSA) is 93.8 Å². The van der Waals surface area contributed by atoms with Gasteiger partial charge < -0.3 is 10.1 Å². The first-order chi connectivity index (χ1) is 15.9. The summed E-state index contributed by atoms with van der Waals surface area (Å²) < 4.78 is 19.7. The Morgan fingerprint density at radius 3 is 2.67 bits per heavy atom. The average molecular weight is 575 g/mol. The molecule has 1 fully saturated rings. The zero-order chi connectivity index (χ0) is 23.4. The molecule has 7 nitrogen and oxygen atoms in total. The van der Waals surface area contributed by atoms with Gasteiger partial charge in [0.25, 0.3) is 11.6 Å². The molecule has 0 spiro atoms. The van der Waals surface area contributed by atoms with E-state index in [9.17, 15) is 19.3 Å². The maximum absolute atomic E-state index is 13.0. The fraction of sp³-hybridized carbons (Fsp3) is 0.0435. The molecule has 1 saturated heterocycles. The second-order valence-electron chi connectivity index (χ2n) is 6.86. The fourth-order valence-corrected chi connectivity index (χ4v) is 4.45. The average Bonchev–Trinajstić information content (AvgIpc) is 3.13. The SMILES string of the molecule is O=C1NC(=Nc2ccc(F)cc2)S/C1=C/c1ccc(OCc2cccc([N+](=O)[O-])c2)c(I)c1. The van der Waals surface area contributed by atoms with Gasteiger partial charge in [0.2, 0.25) is 0 Å². The van der Waals surface area contributed by atoms with Crippen molar-refractivity contribution >= 4 is 62.9 Å². The molecule has 3 aromatic rings. The van der Waals surface area contributed by atoms with Gasteiger partial charge >= 0.3 is 0 Å². The van der Waals surface area contributed by atoms with Gasteiger partial charge in [-0.3, -0.25) is 14.9 Å². The molecule has 1 aliphatic heterocycles. The first kappa shape index (κ1) is 22.9. The molecule has 1 N–H and O–H groups in total. The van der Waals surface area contributed by atoms with Crippen LogP contribution in [0.3, 0.4) is 0 Å². The van der Waals surface area contributed by atoms with Crippen molar-refractivity contribution in [1.29, 1.82) is 0 Å². The quantitative estimate of drug-likeness (QED) is 0.173. The number of hydrogen-bond acceptors (Lipinski definition) is 6. The largest absolute Gasteiger partial charge is 0.488 e. The van der Waals surface area contributed by atoms with E-state index in [1.54, 1.807) is 24.3 Å². The molecule has 33 heavy (non-hydrogen) atoms. The second kappa shape index (κ2) is 10.1. The number of aliphatic imine (C=N–C) groups is 1. The Balaban J connectivity index is 1.44. The van der Waals surface area contributed by atoms with Crippen LogP contribution in [0.5, 0.6) is 5.75 Å². The highest BCUT2D eigenvalue weighted by Gasteiger charge is 2.24. The molecular weight excluding hydrogens is 560 g/mol. The summed E-state index contributed by atoms with van der Waals surface area (Å²) in [7, 11) is 0. The smallest absolute Gasteiger partial charge is 0.269 e. The molecule has 10 heteroatoms. The van der Waals surface area contributed by atoms with Crippen molar-refractivity contribution in [3.05, 3.63) is 102 Å². The molecule has 0 bridgehead atoms. The van der Waals surface area contributed by atoms with Crippen molar-refractivity contribution in [3.8, 4) is 5.75 Å². The van der Waals surface area contributed by atoms with Crippen LogP contribution in [-0.4, -0.2) is 16.0 Å². The van der Waals surface area contributed by atoms with Crippen molar-refractivity contribution in [2.75, 3.05) is 0 Å². The highest BCUT2D eigenvalue weighted by molar-refractivity contribution is 14.1. The Hall–Kier alpha value is -3.25. The molecule has 4 rings (SSSR count). The lowest BCUT2D eigenvalue weighted by molar-refractivity contribution is -0.384. The molecular formula is C23H15FIN3O4S. The Labute approximate surface area is 206 Å². The molecule has 0 saturated carbocycles. The van der Waals surface area contributed by atoms with Crippen LogP contribution in [0.2, 0.25) is 0 Å². The maximum Gasteiger partial charge on any atom is 0.269 e. The normalized spacial score (nSPS) is 15.6. The number of nitro groups is 1. The number of amidine groups is 1. The van der Waals surface area contributed by atoms with E-state index < -0.39 is 4.92 Å². The summed E-state index contributed by atoms with van der Waals surface area (Å²) in [6.45, 7) is 0.194. The van der Waals surface area contributed by atoms with E-state index >= 15 is 0 Å². The third-order valence-electron chi connectivity index (χ3n) is 4.48. The summed E-state index contributed by atoms with van der Waals surface area (Å²) in [5.41, 5.74) is 2.06. The molecule has 3 aromatic carbocycles. The summed E-state index contributed by atoms with van der Waals surface area (Å²) in [5, 5.41) is 14.0. The van der Waals surface area contributed by atoms with Gasteiger partial charge in [-0.2, -0.15) is 0 Å². The number of rotatable bonds is 6. The third kappa shape index (κ3) is 5.96. The highest BCUT2D eigenvalue weighted by atomic mass is 127. The number of thioether (sulfide) groups is 1. The van der Waals surface area contributed by atoms with E-state index in [-0.39, 0.29) is 24.0 Å². The lowest BCUT2D eigenvalue weighted by Gasteiger charge is -2.09. The van der Waals surface area contributed by atoms with Crippen molar-refractivity contribution in [2.45, 2.75) is 6.61 Å². The van der Waals surface area contributed by atoms with E-state index in [1.165, 1.54) is 48.2 Å². The number of carbonyl (C=O) groups excluding carboxylic acids is 1. The number of benzene rings is 3. The van der Waals surface area contributed by atoms with Crippen LogP contribution < -0.4 is 10.1 Å². The number of nitrogens with one attached hydrogen (secondary N) is 1. The van der Waals surface area contributed by atoms with Crippen LogP contribution in [0.15, 0.2) is 76.6 Å². The van der Waals surface area contributed by atoms with E-state index in [1.807, 2.05) is 12.1 Å². The molecule has 0 unspecified atom stereocenters. The van der Waals surface area contributed by atoms with Gasteiger partial charge in [0.15, 0.2) is 5.17 Å². The van der Waals surface area contributed by atoms with E-state index in [4.69, 9.17) is 4.74 Å². The first-order valence-corrected chi connectivity index (χ1v) is 11.5. The molecule has 0 atom stereocenters. The number of hydrogen-bond donors (Lipinski definition) is 1. The number of ether oxygens (including phenoxy) is 1.